The van der Waals surface area contributed by atoms with Crippen LogP contribution in [-0.2, 0) is 13.6 Å². The van der Waals surface area contributed by atoms with Crippen molar-refractivity contribution < 1.29 is 4.79 Å². The van der Waals surface area contributed by atoms with E-state index in [1.807, 2.05) is 55.9 Å². The first-order chi connectivity index (χ1) is 10.0. The van der Waals surface area contributed by atoms with Gasteiger partial charge in [0, 0.05) is 36.4 Å². The fraction of sp³-hybridized carbons (Fsp3) is 0.250. The van der Waals surface area contributed by atoms with Crippen molar-refractivity contribution in [2.75, 3.05) is 0 Å². The topological polar surface area (TPSA) is 65.8 Å². The van der Waals surface area contributed by atoms with Crippen molar-refractivity contribution in [2.24, 2.45) is 12.8 Å². The van der Waals surface area contributed by atoms with E-state index in [2.05, 4.69) is 5.10 Å². The van der Waals surface area contributed by atoms with Gasteiger partial charge in [0.2, 0.25) is 0 Å². The molecule has 0 saturated carbocycles. The summed E-state index contributed by atoms with van der Waals surface area (Å²) in [7, 11) is 1.94. The number of carbonyl (C=O) groups excluding carboxylic acids is 1. The van der Waals surface area contributed by atoms with Crippen LogP contribution in [0.4, 0.5) is 0 Å². The lowest BCUT2D eigenvalue weighted by molar-refractivity contribution is 0.0943. The molecular formula is C16H18N4O. The van der Waals surface area contributed by atoms with Crippen molar-refractivity contribution in [2.45, 2.75) is 20.4 Å². The van der Waals surface area contributed by atoms with Crippen molar-refractivity contribution in [1.29, 1.82) is 0 Å². The molecule has 5 nitrogen and oxygen atoms in total. The highest BCUT2D eigenvalue weighted by molar-refractivity contribution is 6.06. The molecule has 0 amide bonds. The predicted octanol–water partition coefficient (Wildman–Crippen LogP) is 2.14. The Morgan fingerprint density at radius 2 is 2.05 bits per heavy atom. The zero-order valence-corrected chi connectivity index (χ0v) is 12.4. The molecule has 0 aliphatic carbocycles. The van der Waals surface area contributed by atoms with Gasteiger partial charge < -0.3 is 10.3 Å². The number of aryl methyl sites for hydroxylation is 2. The maximum Gasteiger partial charge on any atom is 0.280 e. The van der Waals surface area contributed by atoms with Gasteiger partial charge in [0.25, 0.3) is 5.91 Å². The Morgan fingerprint density at radius 1 is 1.29 bits per heavy atom. The van der Waals surface area contributed by atoms with Crippen LogP contribution in [0.2, 0.25) is 0 Å². The summed E-state index contributed by atoms with van der Waals surface area (Å²) in [6, 6.07) is 7.73. The Kier molecular flexibility index (Phi) is 3.14. The quantitative estimate of drug-likeness (QED) is 0.783. The van der Waals surface area contributed by atoms with Crippen LogP contribution in [0.1, 0.15) is 27.3 Å². The second kappa shape index (κ2) is 4.86. The van der Waals surface area contributed by atoms with Crippen LogP contribution in [0, 0.1) is 13.8 Å². The van der Waals surface area contributed by atoms with Crippen LogP contribution < -0.4 is 5.73 Å². The van der Waals surface area contributed by atoms with E-state index in [0.717, 1.165) is 27.9 Å². The molecule has 2 N–H and O–H groups in total. The SMILES string of the molecule is Cc1nn(C(=O)c2cccc3ccn(C)c23)c(C)c1CN. The molecule has 3 rings (SSSR count). The lowest BCUT2D eigenvalue weighted by Crippen LogP contribution is -2.16. The van der Waals surface area contributed by atoms with Crippen LogP contribution in [0.15, 0.2) is 30.5 Å². The van der Waals surface area contributed by atoms with E-state index < -0.39 is 0 Å². The molecule has 0 bridgehead atoms. The van der Waals surface area contributed by atoms with E-state index in [1.165, 1.54) is 4.68 Å². The number of fused-ring (bicyclic) bond motifs is 1. The summed E-state index contributed by atoms with van der Waals surface area (Å²) in [5, 5.41) is 5.40. The van der Waals surface area contributed by atoms with Crippen molar-refractivity contribution in [1.82, 2.24) is 14.3 Å². The number of nitrogens with zero attached hydrogens (tertiary/aromatic N) is 3. The highest BCUT2D eigenvalue weighted by Crippen LogP contribution is 2.22. The average Bonchev–Trinajstić information content (AvgIpc) is 2.99. The molecular weight excluding hydrogens is 264 g/mol. The highest BCUT2D eigenvalue weighted by atomic mass is 16.2. The van der Waals surface area contributed by atoms with Crippen LogP contribution >= 0.6 is 0 Å². The number of hydrogen-bond donors (Lipinski definition) is 1. The number of hydrogen-bond acceptors (Lipinski definition) is 3. The fourth-order valence-electron chi connectivity index (χ4n) is 2.81. The molecule has 0 spiro atoms. The van der Waals surface area contributed by atoms with Crippen LogP contribution in [-0.4, -0.2) is 20.3 Å². The summed E-state index contributed by atoms with van der Waals surface area (Å²) in [5.41, 5.74) is 9.85. The molecule has 1 aromatic carbocycles. The van der Waals surface area contributed by atoms with Gasteiger partial charge in [-0.1, -0.05) is 12.1 Å². The van der Waals surface area contributed by atoms with Crippen molar-refractivity contribution >= 4 is 16.8 Å². The van der Waals surface area contributed by atoms with E-state index in [0.29, 0.717) is 12.1 Å². The molecule has 5 heteroatoms. The van der Waals surface area contributed by atoms with Gasteiger partial charge >= 0.3 is 0 Å². The molecule has 2 aromatic heterocycles. The lowest BCUT2D eigenvalue weighted by atomic mass is 10.1. The van der Waals surface area contributed by atoms with E-state index in [9.17, 15) is 4.79 Å². The fourth-order valence-corrected chi connectivity index (χ4v) is 2.81. The van der Waals surface area contributed by atoms with Gasteiger partial charge in [0.15, 0.2) is 0 Å². The molecule has 3 aromatic rings. The first-order valence-corrected chi connectivity index (χ1v) is 6.88. The second-order valence-corrected chi connectivity index (χ2v) is 5.24. The third-order valence-electron chi connectivity index (χ3n) is 3.97. The minimum atomic E-state index is -0.123. The van der Waals surface area contributed by atoms with E-state index in [-0.39, 0.29) is 5.91 Å². The van der Waals surface area contributed by atoms with Crippen LogP contribution in [0.5, 0.6) is 0 Å². The Hall–Kier alpha value is -2.40. The normalized spacial score (nSPS) is 11.2. The summed E-state index contributed by atoms with van der Waals surface area (Å²) in [6.07, 6.45) is 1.95. The molecule has 0 aliphatic rings. The van der Waals surface area contributed by atoms with Gasteiger partial charge in [-0.25, -0.2) is 4.68 Å². The molecule has 0 unspecified atom stereocenters. The first kappa shape index (κ1) is 13.6. The van der Waals surface area contributed by atoms with E-state index >= 15 is 0 Å². The first-order valence-electron chi connectivity index (χ1n) is 6.88. The zero-order valence-electron chi connectivity index (χ0n) is 12.4. The standard InChI is InChI=1S/C16H18N4O/c1-10-14(9-17)11(2)20(18-10)16(21)13-6-4-5-12-7-8-19(3)15(12)13/h4-8H,9,17H2,1-3H3. The Bertz CT molecular complexity index is 841. The summed E-state index contributed by atoms with van der Waals surface area (Å²) in [6.45, 7) is 4.15. The Balaban J connectivity index is 2.20. The summed E-state index contributed by atoms with van der Waals surface area (Å²) in [4.78, 5) is 12.9. The Morgan fingerprint density at radius 3 is 2.71 bits per heavy atom. The number of rotatable bonds is 2. The molecule has 0 aliphatic heterocycles. The second-order valence-electron chi connectivity index (χ2n) is 5.24. The highest BCUT2D eigenvalue weighted by Gasteiger charge is 2.19. The number of benzene rings is 1. The predicted molar refractivity (Wildman–Crippen MR) is 82.2 cm³/mol. The maximum absolute atomic E-state index is 12.9. The van der Waals surface area contributed by atoms with Crippen molar-refractivity contribution in [3.63, 3.8) is 0 Å². The van der Waals surface area contributed by atoms with Crippen LogP contribution in [0.3, 0.4) is 0 Å². The van der Waals surface area contributed by atoms with E-state index in [1.54, 1.807) is 0 Å². The molecule has 0 radical (unpaired) electrons. The minimum absolute atomic E-state index is 0.123. The third kappa shape index (κ3) is 1.97. The molecule has 0 atom stereocenters. The van der Waals surface area contributed by atoms with Gasteiger partial charge in [-0.05, 0) is 26.0 Å². The number of carbonyl (C=O) groups is 1. The van der Waals surface area contributed by atoms with Gasteiger partial charge in [-0.3, -0.25) is 4.79 Å². The average molecular weight is 282 g/mol. The van der Waals surface area contributed by atoms with E-state index in [4.69, 9.17) is 5.73 Å². The molecule has 108 valence electrons. The van der Waals surface area contributed by atoms with Gasteiger partial charge in [0.05, 0.1) is 16.8 Å². The van der Waals surface area contributed by atoms with Crippen molar-refractivity contribution in [3.8, 4) is 0 Å². The smallest absolute Gasteiger partial charge is 0.280 e. The number of nitrogens with two attached hydrogens (primary N) is 1. The lowest BCUT2D eigenvalue weighted by Gasteiger charge is -2.07. The summed E-state index contributed by atoms with van der Waals surface area (Å²) >= 11 is 0. The summed E-state index contributed by atoms with van der Waals surface area (Å²) in [5.74, 6) is -0.123. The van der Waals surface area contributed by atoms with Gasteiger partial charge in [0.1, 0.15) is 0 Å². The number of para-hydroxylation sites is 1. The maximum atomic E-state index is 12.9. The minimum Gasteiger partial charge on any atom is -0.350 e. The molecule has 21 heavy (non-hydrogen) atoms. The monoisotopic (exact) mass is 282 g/mol. The number of aromatic nitrogens is 3. The summed E-state index contributed by atoms with van der Waals surface area (Å²) < 4.78 is 3.41. The molecule has 0 fully saturated rings. The molecule has 2 heterocycles. The largest absolute Gasteiger partial charge is 0.350 e. The van der Waals surface area contributed by atoms with Crippen molar-refractivity contribution in [3.05, 3.63) is 53.0 Å². The zero-order chi connectivity index (χ0) is 15.1. The molecule has 0 saturated heterocycles. The van der Waals surface area contributed by atoms with Crippen LogP contribution in [0.25, 0.3) is 10.9 Å². The Labute approximate surface area is 123 Å². The van der Waals surface area contributed by atoms with Gasteiger partial charge in [-0.2, -0.15) is 5.10 Å². The van der Waals surface area contributed by atoms with Gasteiger partial charge in [-0.15, -0.1) is 0 Å². The third-order valence-corrected chi connectivity index (χ3v) is 3.97.